The van der Waals surface area contributed by atoms with E-state index < -0.39 is 5.97 Å². The van der Waals surface area contributed by atoms with Crippen molar-refractivity contribution in [3.8, 4) is 0 Å². The van der Waals surface area contributed by atoms with E-state index in [1.165, 1.54) is 25.7 Å². The van der Waals surface area contributed by atoms with E-state index >= 15 is 0 Å². The van der Waals surface area contributed by atoms with E-state index in [0.29, 0.717) is 0 Å². The molecular formula is C16H26N2O3. The third-order valence-corrected chi connectivity index (χ3v) is 4.97. The lowest BCUT2D eigenvalue weighted by Crippen LogP contribution is -2.48. The molecule has 2 amide bonds. The summed E-state index contributed by atoms with van der Waals surface area (Å²) in [6.45, 7) is 3.32. The molecule has 0 bridgehead atoms. The van der Waals surface area contributed by atoms with Crippen LogP contribution in [-0.4, -0.2) is 53.1 Å². The summed E-state index contributed by atoms with van der Waals surface area (Å²) < 4.78 is 0. The molecule has 3 rings (SSSR count). The van der Waals surface area contributed by atoms with Crippen LogP contribution in [0.5, 0.6) is 0 Å². The van der Waals surface area contributed by atoms with Crippen LogP contribution in [0.15, 0.2) is 0 Å². The Hall–Kier alpha value is -1.26. The molecular weight excluding hydrogens is 268 g/mol. The number of carboxylic acid groups (broad SMARTS) is 1. The Morgan fingerprint density at radius 1 is 0.905 bits per heavy atom. The molecule has 1 aliphatic heterocycles. The largest absolute Gasteiger partial charge is 0.481 e. The van der Waals surface area contributed by atoms with Gasteiger partial charge in [-0.2, -0.15) is 0 Å². The molecule has 21 heavy (non-hydrogen) atoms. The lowest BCUT2D eigenvalue weighted by molar-refractivity contribution is -0.138. The number of aliphatic carboxylic acids is 1. The second-order valence-corrected chi connectivity index (χ2v) is 7.10. The number of likely N-dealkylation sites (tertiary alicyclic amines) is 1. The van der Waals surface area contributed by atoms with Crippen molar-refractivity contribution in [2.45, 2.75) is 44.9 Å². The van der Waals surface area contributed by atoms with Gasteiger partial charge >= 0.3 is 12.0 Å². The number of carbonyl (C=O) groups is 2. The van der Waals surface area contributed by atoms with Crippen LogP contribution in [0.2, 0.25) is 0 Å². The molecule has 5 nitrogen and oxygen atoms in total. The van der Waals surface area contributed by atoms with Crippen LogP contribution in [0.1, 0.15) is 44.9 Å². The molecule has 0 aromatic rings. The standard InChI is InChI=1S/C16H26N2O3/c19-15(20)9-12-5-7-17(8-6-12)16(21)18(10-13-1-2-13)11-14-3-4-14/h12-14H,1-11H2,(H,19,20). The van der Waals surface area contributed by atoms with Crippen LogP contribution >= 0.6 is 0 Å². The molecule has 1 heterocycles. The van der Waals surface area contributed by atoms with Gasteiger partial charge in [-0.3, -0.25) is 4.79 Å². The average molecular weight is 294 g/mol. The predicted molar refractivity (Wildman–Crippen MR) is 79.0 cm³/mol. The van der Waals surface area contributed by atoms with Crippen molar-refractivity contribution in [2.24, 2.45) is 17.8 Å². The number of piperidine rings is 1. The average Bonchev–Trinajstić information content (AvgIpc) is 3.33. The summed E-state index contributed by atoms with van der Waals surface area (Å²) in [5.74, 6) is 0.991. The van der Waals surface area contributed by atoms with Crippen LogP contribution in [-0.2, 0) is 4.79 Å². The van der Waals surface area contributed by atoms with Crippen LogP contribution < -0.4 is 0 Å². The number of carboxylic acids is 1. The molecule has 0 spiro atoms. The Morgan fingerprint density at radius 3 is 1.86 bits per heavy atom. The molecule has 3 aliphatic rings. The van der Waals surface area contributed by atoms with Crippen molar-refractivity contribution in [3.63, 3.8) is 0 Å². The minimum Gasteiger partial charge on any atom is -0.481 e. The molecule has 1 saturated heterocycles. The van der Waals surface area contributed by atoms with Gasteiger partial charge in [-0.1, -0.05) is 0 Å². The molecule has 0 radical (unpaired) electrons. The second kappa shape index (κ2) is 6.24. The Morgan fingerprint density at radius 2 is 1.43 bits per heavy atom. The van der Waals surface area contributed by atoms with Gasteiger partial charge in [0.25, 0.3) is 0 Å². The molecule has 3 fully saturated rings. The zero-order chi connectivity index (χ0) is 14.8. The fourth-order valence-corrected chi connectivity index (χ4v) is 3.23. The number of hydrogen-bond acceptors (Lipinski definition) is 2. The zero-order valence-corrected chi connectivity index (χ0v) is 12.7. The predicted octanol–water partition coefficient (Wildman–Crippen LogP) is 2.42. The lowest BCUT2D eigenvalue weighted by atomic mass is 9.94. The third kappa shape index (κ3) is 4.35. The highest BCUT2D eigenvalue weighted by Crippen LogP contribution is 2.34. The summed E-state index contributed by atoms with van der Waals surface area (Å²) in [6, 6.07) is 0.197. The van der Waals surface area contributed by atoms with E-state index in [-0.39, 0.29) is 18.4 Å². The monoisotopic (exact) mass is 294 g/mol. The smallest absolute Gasteiger partial charge is 0.320 e. The number of hydrogen-bond donors (Lipinski definition) is 1. The van der Waals surface area contributed by atoms with Crippen molar-refractivity contribution >= 4 is 12.0 Å². The molecule has 5 heteroatoms. The molecule has 0 aromatic heterocycles. The molecule has 0 atom stereocenters. The molecule has 2 aliphatic carbocycles. The van der Waals surface area contributed by atoms with Crippen molar-refractivity contribution in [3.05, 3.63) is 0 Å². The van der Waals surface area contributed by atoms with Crippen LogP contribution in [0, 0.1) is 17.8 Å². The van der Waals surface area contributed by atoms with E-state index in [0.717, 1.165) is 50.9 Å². The lowest BCUT2D eigenvalue weighted by Gasteiger charge is -2.35. The van der Waals surface area contributed by atoms with Crippen LogP contribution in [0.4, 0.5) is 4.79 Å². The molecule has 118 valence electrons. The normalized spacial score (nSPS) is 23.1. The molecule has 2 saturated carbocycles. The fourth-order valence-electron chi connectivity index (χ4n) is 3.23. The summed E-state index contributed by atoms with van der Waals surface area (Å²) in [6.07, 6.45) is 7.00. The van der Waals surface area contributed by atoms with E-state index in [1.807, 2.05) is 4.90 Å². The Balaban J connectivity index is 1.49. The first-order valence-corrected chi connectivity index (χ1v) is 8.37. The molecule has 0 unspecified atom stereocenters. The van der Waals surface area contributed by atoms with Crippen molar-refractivity contribution in [2.75, 3.05) is 26.2 Å². The highest BCUT2D eigenvalue weighted by molar-refractivity contribution is 5.74. The van der Waals surface area contributed by atoms with Gasteiger partial charge in [-0.25, -0.2) is 4.79 Å². The zero-order valence-electron chi connectivity index (χ0n) is 12.7. The summed E-state index contributed by atoms with van der Waals surface area (Å²) in [5.41, 5.74) is 0. The topological polar surface area (TPSA) is 60.9 Å². The quantitative estimate of drug-likeness (QED) is 0.818. The fraction of sp³-hybridized carbons (Fsp3) is 0.875. The maximum atomic E-state index is 12.7. The summed E-state index contributed by atoms with van der Waals surface area (Å²) >= 11 is 0. The van der Waals surface area contributed by atoms with Crippen LogP contribution in [0.25, 0.3) is 0 Å². The maximum absolute atomic E-state index is 12.7. The van der Waals surface area contributed by atoms with E-state index in [9.17, 15) is 9.59 Å². The highest BCUT2D eigenvalue weighted by atomic mass is 16.4. The van der Waals surface area contributed by atoms with Gasteiger partial charge in [-0.15, -0.1) is 0 Å². The molecule has 0 aromatic carbocycles. The highest BCUT2D eigenvalue weighted by Gasteiger charge is 2.34. The summed E-state index contributed by atoms with van der Waals surface area (Å²) in [7, 11) is 0. The Bertz CT molecular complexity index is 382. The first-order valence-electron chi connectivity index (χ1n) is 8.37. The summed E-state index contributed by atoms with van der Waals surface area (Å²) in [4.78, 5) is 27.5. The number of carbonyl (C=O) groups excluding carboxylic acids is 1. The van der Waals surface area contributed by atoms with Crippen molar-refractivity contribution in [1.29, 1.82) is 0 Å². The molecule has 1 N–H and O–H groups in total. The van der Waals surface area contributed by atoms with E-state index in [4.69, 9.17) is 5.11 Å². The first-order chi connectivity index (χ1) is 10.1. The van der Waals surface area contributed by atoms with Gasteiger partial charge < -0.3 is 14.9 Å². The number of nitrogens with zero attached hydrogens (tertiary/aromatic N) is 2. The van der Waals surface area contributed by atoms with Gasteiger partial charge in [0.1, 0.15) is 0 Å². The van der Waals surface area contributed by atoms with Gasteiger partial charge in [0.2, 0.25) is 0 Å². The second-order valence-electron chi connectivity index (χ2n) is 7.10. The van der Waals surface area contributed by atoms with E-state index in [1.54, 1.807) is 0 Å². The van der Waals surface area contributed by atoms with Crippen molar-refractivity contribution in [1.82, 2.24) is 9.80 Å². The minimum absolute atomic E-state index is 0.197. The minimum atomic E-state index is -0.719. The van der Waals surface area contributed by atoms with Crippen molar-refractivity contribution < 1.29 is 14.7 Å². The van der Waals surface area contributed by atoms with Crippen LogP contribution in [0.3, 0.4) is 0 Å². The van der Waals surface area contributed by atoms with Gasteiger partial charge in [0.05, 0.1) is 0 Å². The van der Waals surface area contributed by atoms with Gasteiger partial charge in [0, 0.05) is 32.6 Å². The van der Waals surface area contributed by atoms with E-state index in [2.05, 4.69) is 4.90 Å². The number of amides is 2. The number of rotatable bonds is 6. The maximum Gasteiger partial charge on any atom is 0.320 e. The van der Waals surface area contributed by atoms with Gasteiger partial charge in [0.15, 0.2) is 0 Å². The Kier molecular flexibility index (Phi) is 4.36. The summed E-state index contributed by atoms with van der Waals surface area (Å²) in [5, 5.41) is 8.85. The Labute approximate surface area is 126 Å². The van der Waals surface area contributed by atoms with Gasteiger partial charge in [-0.05, 0) is 56.3 Å². The SMILES string of the molecule is O=C(O)CC1CCN(C(=O)N(CC2CC2)CC2CC2)CC1. The first kappa shape index (κ1) is 14.7. The number of urea groups is 1. The third-order valence-electron chi connectivity index (χ3n) is 4.97.